The first-order chi connectivity index (χ1) is 11.5. The standard InChI is InChI=1S/C18H27ClN2O3/c1-4-8-21-9-6-7-13(21)11-20-18(23)15-16(22)12(5-2)10-14(19)17(15)24-3/h10,13,22H,4-9,11H2,1-3H3,(H,20,23)/t13-/m0/s1. The van der Waals surface area contributed by atoms with E-state index in [2.05, 4.69) is 17.1 Å². The van der Waals surface area contributed by atoms with Gasteiger partial charge >= 0.3 is 0 Å². The van der Waals surface area contributed by atoms with Crippen molar-refractivity contribution < 1.29 is 14.6 Å². The molecular weight excluding hydrogens is 328 g/mol. The molecule has 0 saturated carbocycles. The first-order valence-electron chi connectivity index (χ1n) is 8.63. The maximum atomic E-state index is 12.7. The fraction of sp³-hybridized carbons (Fsp3) is 0.611. The average molecular weight is 355 g/mol. The van der Waals surface area contributed by atoms with Crippen LogP contribution in [0.5, 0.6) is 11.5 Å². The Labute approximate surface area is 148 Å². The van der Waals surface area contributed by atoms with Crippen molar-refractivity contribution in [2.24, 2.45) is 0 Å². The predicted molar refractivity (Wildman–Crippen MR) is 96.3 cm³/mol. The molecule has 1 atom stereocenters. The highest BCUT2D eigenvalue weighted by molar-refractivity contribution is 6.33. The molecule has 24 heavy (non-hydrogen) atoms. The smallest absolute Gasteiger partial charge is 0.258 e. The van der Waals surface area contributed by atoms with E-state index in [-0.39, 0.29) is 23.0 Å². The Morgan fingerprint density at radius 3 is 2.88 bits per heavy atom. The second-order valence-electron chi connectivity index (χ2n) is 6.17. The number of hydrogen-bond acceptors (Lipinski definition) is 4. The molecule has 0 unspecified atom stereocenters. The van der Waals surface area contributed by atoms with E-state index < -0.39 is 0 Å². The molecule has 0 bridgehead atoms. The zero-order valence-corrected chi connectivity index (χ0v) is 15.4. The summed E-state index contributed by atoms with van der Waals surface area (Å²) in [5, 5.41) is 13.7. The van der Waals surface area contributed by atoms with Crippen LogP contribution in [0.3, 0.4) is 0 Å². The third kappa shape index (κ3) is 3.95. The number of nitrogens with zero attached hydrogens (tertiary/aromatic N) is 1. The molecular formula is C18H27ClN2O3. The zero-order valence-electron chi connectivity index (χ0n) is 14.7. The van der Waals surface area contributed by atoms with Gasteiger partial charge in [-0.05, 0) is 50.4 Å². The van der Waals surface area contributed by atoms with Crippen LogP contribution in [0.15, 0.2) is 6.07 Å². The molecule has 2 rings (SSSR count). The van der Waals surface area contributed by atoms with E-state index in [0.717, 1.165) is 32.4 Å². The molecule has 5 nitrogen and oxygen atoms in total. The van der Waals surface area contributed by atoms with Crippen molar-refractivity contribution in [2.45, 2.75) is 45.6 Å². The summed E-state index contributed by atoms with van der Waals surface area (Å²) >= 11 is 6.20. The first kappa shape index (κ1) is 18.9. The number of likely N-dealkylation sites (tertiary alicyclic amines) is 1. The lowest BCUT2D eigenvalue weighted by molar-refractivity contribution is 0.0934. The van der Waals surface area contributed by atoms with Gasteiger partial charge in [-0.1, -0.05) is 25.4 Å². The van der Waals surface area contributed by atoms with Crippen LogP contribution < -0.4 is 10.1 Å². The van der Waals surface area contributed by atoms with Gasteiger partial charge in [-0.3, -0.25) is 9.69 Å². The van der Waals surface area contributed by atoms with Crippen LogP contribution in [0, 0.1) is 0 Å². The van der Waals surface area contributed by atoms with Gasteiger partial charge in [0.2, 0.25) is 0 Å². The monoisotopic (exact) mass is 354 g/mol. The van der Waals surface area contributed by atoms with E-state index in [1.54, 1.807) is 6.07 Å². The Hall–Kier alpha value is -1.46. The molecule has 0 aromatic heterocycles. The number of methoxy groups -OCH3 is 1. The van der Waals surface area contributed by atoms with E-state index in [0.29, 0.717) is 29.6 Å². The fourth-order valence-corrected chi connectivity index (χ4v) is 3.66. The third-order valence-corrected chi connectivity index (χ3v) is 4.89. The van der Waals surface area contributed by atoms with Gasteiger partial charge in [0.15, 0.2) is 5.75 Å². The van der Waals surface area contributed by atoms with Gasteiger partial charge < -0.3 is 15.2 Å². The summed E-state index contributed by atoms with van der Waals surface area (Å²) in [5.41, 5.74) is 0.765. The van der Waals surface area contributed by atoms with Crippen LogP contribution in [0.2, 0.25) is 5.02 Å². The van der Waals surface area contributed by atoms with Crippen LogP contribution in [0.4, 0.5) is 0 Å². The highest BCUT2D eigenvalue weighted by Gasteiger charge is 2.27. The van der Waals surface area contributed by atoms with Gasteiger partial charge in [0.25, 0.3) is 5.91 Å². The minimum Gasteiger partial charge on any atom is -0.507 e. The lowest BCUT2D eigenvalue weighted by atomic mass is 10.0. The summed E-state index contributed by atoms with van der Waals surface area (Å²) in [6.45, 7) is 6.76. The molecule has 1 aromatic rings. The minimum absolute atomic E-state index is 0.0481. The Balaban J connectivity index is 2.16. The van der Waals surface area contributed by atoms with Crippen molar-refractivity contribution in [3.8, 4) is 11.5 Å². The minimum atomic E-state index is -0.343. The average Bonchev–Trinajstić information content (AvgIpc) is 3.01. The highest BCUT2D eigenvalue weighted by Crippen LogP contribution is 2.38. The second-order valence-corrected chi connectivity index (χ2v) is 6.58. The number of carbonyl (C=O) groups is 1. The van der Waals surface area contributed by atoms with E-state index in [1.807, 2.05) is 6.92 Å². The highest BCUT2D eigenvalue weighted by atomic mass is 35.5. The molecule has 1 amide bonds. The summed E-state index contributed by atoms with van der Waals surface area (Å²) in [7, 11) is 1.45. The lowest BCUT2D eigenvalue weighted by Crippen LogP contribution is -2.40. The van der Waals surface area contributed by atoms with Crippen LogP contribution >= 0.6 is 11.6 Å². The van der Waals surface area contributed by atoms with E-state index in [1.165, 1.54) is 7.11 Å². The van der Waals surface area contributed by atoms with Crippen molar-refractivity contribution in [2.75, 3.05) is 26.7 Å². The van der Waals surface area contributed by atoms with Gasteiger partial charge in [0.05, 0.1) is 12.1 Å². The summed E-state index contributed by atoms with van der Waals surface area (Å²) in [6.07, 6.45) is 3.93. The molecule has 1 fully saturated rings. The molecule has 2 N–H and O–H groups in total. The number of hydrogen-bond donors (Lipinski definition) is 2. The van der Waals surface area contributed by atoms with Crippen molar-refractivity contribution in [1.29, 1.82) is 0 Å². The first-order valence-corrected chi connectivity index (χ1v) is 9.01. The van der Waals surface area contributed by atoms with Gasteiger partial charge in [-0.15, -0.1) is 0 Å². The van der Waals surface area contributed by atoms with Crippen molar-refractivity contribution in [1.82, 2.24) is 10.2 Å². The molecule has 1 aliphatic heterocycles. The van der Waals surface area contributed by atoms with Crippen LogP contribution in [0.25, 0.3) is 0 Å². The maximum absolute atomic E-state index is 12.7. The van der Waals surface area contributed by atoms with Crippen molar-refractivity contribution in [3.05, 3.63) is 22.2 Å². The van der Waals surface area contributed by atoms with E-state index in [9.17, 15) is 9.90 Å². The number of phenolic OH excluding ortho intramolecular Hbond substituents is 1. The van der Waals surface area contributed by atoms with Crippen LogP contribution in [-0.4, -0.2) is 48.7 Å². The van der Waals surface area contributed by atoms with Gasteiger partial charge in [-0.2, -0.15) is 0 Å². The molecule has 0 radical (unpaired) electrons. The summed E-state index contributed by atoms with van der Waals surface area (Å²) < 4.78 is 5.25. The number of carbonyl (C=O) groups excluding carboxylic acids is 1. The van der Waals surface area contributed by atoms with E-state index in [4.69, 9.17) is 16.3 Å². The molecule has 6 heteroatoms. The van der Waals surface area contributed by atoms with Crippen LogP contribution in [0.1, 0.15) is 49.0 Å². The normalized spacial score (nSPS) is 17.9. The van der Waals surface area contributed by atoms with Gasteiger partial charge in [0, 0.05) is 12.6 Å². The Morgan fingerprint density at radius 2 is 2.25 bits per heavy atom. The Bertz CT molecular complexity index is 592. The van der Waals surface area contributed by atoms with Crippen molar-refractivity contribution in [3.63, 3.8) is 0 Å². The number of rotatable bonds is 7. The summed E-state index contributed by atoms with van der Waals surface area (Å²) in [4.78, 5) is 15.1. The Kier molecular flexibility index (Phi) is 6.75. The number of aromatic hydroxyl groups is 1. The summed E-state index contributed by atoms with van der Waals surface area (Å²) in [6, 6.07) is 2.00. The van der Waals surface area contributed by atoms with Gasteiger partial charge in [0.1, 0.15) is 11.3 Å². The topological polar surface area (TPSA) is 61.8 Å². The van der Waals surface area contributed by atoms with Crippen molar-refractivity contribution >= 4 is 17.5 Å². The van der Waals surface area contributed by atoms with Gasteiger partial charge in [-0.25, -0.2) is 0 Å². The third-order valence-electron chi connectivity index (χ3n) is 4.61. The number of ether oxygens (including phenoxy) is 1. The quantitative estimate of drug-likeness (QED) is 0.789. The Morgan fingerprint density at radius 1 is 1.50 bits per heavy atom. The van der Waals surface area contributed by atoms with E-state index >= 15 is 0 Å². The molecule has 1 aromatic carbocycles. The predicted octanol–water partition coefficient (Wildman–Crippen LogP) is 3.22. The number of benzene rings is 1. The van der Waals surface area contributed by atoms with Crippen LogP contribution in [-0.2, 0) is 6.42 Å². The molecule has 0 aliphatic carbocycles. The molecule has 1 aliphatic rings. The summed E-state index contributed by atoms with van der Waals surface area (Å²) in [5.74, 6) is -0.168. The fourth-order valence-electron chi connectivity index (χ4n) is 3.36. The number of phenols is 1. The number of amides is 1. The number of aryl methyl sites for hydroxylation is 1. The largest absolute Gasteiger partial charge is 0.507 e. The zero-order chi connectivity index (χ0) is 17.7. The maximum Gasteiger partial charge on any atom is 0.258 e. The molecule has 1 saturated heterocycles. The molecule has 1 heterocycles. The number of nitrogens with one attached hydrogen (secondary N) is 1. The SMILES string of the molecule is CCCN1CCC[C@H]1CNC(=O)c1c(O)c(CC)cc(Cl)c1OC. The molecule has 0 spiro atoms. The second kappa shape index (κ2) is 8.58. The lowest BCUT2D eigenvalue weighted by Gasteiger charge is -2.24. The number of halogens is 1. The molecule has 134 valence electrons.